The van der Waals surface area contributed by atoms with Crippen LogP contribution >= 0.6 is 11.3 Å². The van der Waals surface area contributed by atoms with Crippen molar-refractivity contribution in [3.63, 3.8) is 0 Å². The lowest BCUT2D eigenvalue weighted by atomic mass is 9.94. The van der Waals surface area contributed by atoms with E-state index in [1.165, 1.54) is 19.2 Å². The molecule has 15 nitrogen and oxygen atoms in total. The quantitative estimate of drug-likeness (QED) is 0.0958. The third-order valence-corrected chi connectivity index (χ3v) is 6.06. The zero-order valence-corrected chi connectivity index (χ0v) is 19.2. The Morgan fingerprint density at radius 2 is 2.03 bits per heavy atom. The minimum Gasteiger partial charge on any atom is -0.478 e. The van der Waals surface area contributed by atoms with Gasteiger partial charge in [0.05, 0.1) is 13.2 Å². The molecular weight excluding hydrogens is 486 g/mol. The third-order valence-electron chi connectivity index (χ3n) is 4.44. The molecular formula is C16H21N5O10S2. The number of nitrogens with two attached hydrogens (primary N) is 1. The molecule has 1 aromatic rings. The van der Waals surface area contributed by atoms with Crippen molar-refractivity contribution in [1.29, 1.82) is 0 Å². The number of carboxylic acids is 1. The summed E-state index contributed by atoms with van der Waals surface area (Å²) in [5.74, 6) is -4.33. The zero-order chi connectivity index (χ0) is 25.1. The first-order valence-corrected chi connectivity index (χ1v) is 11.4. The number of carbonyl (C=O) groups is 4. The van der Waals surface area contributed by atoms with E-state index in [9.17, 15) is 32.1 Å². The number of β-lactam (4-membered cyclic amide) rings is 1. The lowest BCUT2D eigenvalue weighted by Crippen LogP contribution is -2.72. The molecule has 2 rings (SSSR count). The number of thiazole rings is 1. The molecule has 1 saturated heterocycles. The number of nitrogen functional groups attached to an aromatic ring is 1. The summed E-state index contributed by atoms with van der Waals surface area (Å²) in [5, 5.41) is 16.3. The van der Waals surface area contributed by atoms with E-state index in [1.54, 1.807) is 0 Å². The Labute approximate surface area is 191 Å². The summed E-state index contributed by atoms with van der Waals surface area (Å²) in [7, 11) is -3.86. The van der Waals surface area contributed by atoms with Gasteiger partial charge in [-0.05, 0) is 20.3 Å². The summed E-state index contributed by atoms with van der Waals surface area (Å²) in [6.07, 6.45) is -0.575. The highest BCUT2D eigenvalue weighted by Crippen LogP contribution is 2.27. The molecule has 0 saturated carbocycles. The number of carbonyl (C=O) groups excluding carboxylic acids is 3. The number of nitrogens with one attached hydrogen (secondary N) is 1. The summed E-state index contributed by atoms with van der Waals surface area (Å²) >= 11 is 0.942. The maximum Gasteiger partial charge on any atom is 0.362 e. The lowest BCUT2D eigenvalue weighted by molar-refractivity contribution is -0.161. The van der Waals surface area contributed by atoms with E-state index in [0.717, 1.165) is 18.4 Å². The topological polar surface area (TPSA) is 228 Å². The van der Waals surface area contributed by atoms with Crippen molar-refractivity contribution >= 4 is 56.2 Å². The van der Waals surface area contributed by atoms with Gasteiger partial charge in [0.2, 0.25) is 5.60 Å². The molecule has 2 heterocycles. The molecule has 0 aliphatic carbocycles. The Morgan fingerprint density at radius 1 is 1.39 bits per heavy atom. The molecule has 2 unspecified atom stereocenters. The van der Waals surface area contributed by atoms with Crippen LogP contribution in [0.15, 0.2) is 10.5 Å². The van der Waals surface area contributed by atoms with Crippen LogP contribution in [0.3, 0.4) is 0 Å². The van der Waals surface area contributed by atoms with Gasteiger partial charge in [0.15, 0.2) is 10.8 Å². The molecule has 2 amide bonds. The molecule has 5 N–H and O–H groups in total. The summed E-state index contributed by atoms with van der Waals surface area (Å²) in [6.45, 7) is 2.35. The Morgan fingerprint density at radius 3 is 2.52 bits per heavy atom. The van der Waals surface area contributed by atoms with E-state index in [2.05, 4.69) is 20.2 Å². The summed E-state index contributed by atoms with van der Waals surface area (Å²) in [4.78, 5) is 56.7. The van der Waals surface area contributed by atoms with Crippen LogP contribution in [0.4, 0.5) is 5.13 Å². The molecule has 17 heteroatoms. The predicted octanol–water partition coefficient (Wildman–Crippen LogP) is -1.24. The van der Waals surface area contributed by atoms with Gasteiger partial charge in [-0.2, -0.15) is 8.42 Å². The van der Waals surface area contributed by atoms with Gasteiger partial charge < -0.3 is 25.7 Å². The number of carboxylic acid groups (broad SMARTS) is 1. The highest BCUT2D eigenvalue weighted by atomic mass is 32.2. The molecule has 33 heavy (non-hydrogen) atoms. The number of nitrogens with zero attached hydrogens (tertiary/aromatic N) is 3. The highest BCUT2D eigenvalue weighted by molar-refractivity contribution is 7.84. The van der Waals surface area contributed by atoms with Gasteiger partial charge in [-0.15, -0.1) is 11.3 Å². The van der Waals surface area contributed by atoms with Crippen molar-refractivity contribution in [2.24, 2.45) is 5.16 Å². The van der Waals surface area contributed by atoms with Crippen molar-refractivity contribution < 1.29 is 46.8 Å². The number of oxime groups is 1. The monoisotopic (exact) mass is 507 g/mol. The molecule has 0 bridgehead atoms. The zero-order valence-electron chi connectivity index (χ0n) is 17.5. The van der Waals surface area contributed by atoms with Crippen molar-refractivity contribution in [3.05, 3.63) is 11.1 Å². The molecule has 1 aliphatic heterocycles. The van der Waals surface area contributed by atoms with Gasteiger partial charge in [0.25, 0.3) is 11.8 Å². The second-order valence-electron chi connectivity index (χ2n) is 7.16. The number of esters is 1. The number of anilines is 1. The van der Waals surface area contributed by atoms with Gasteiger partial charge in [-0.1, -0.05) is 5.16 Å². The van der Waals surface area contributed by atoms with Crippen molar-refractivity contribution in [1.82, 2.24) is 14.6 Å². The Kier molecular flexibility index (Phi) is 7.60. The predicted molar refractivity (Wildman–Crippen MR) is 111 cm³/mol. The van der Waals surface area contributed by atoms with Crippen molar-refractivity contribution in [3.8, 4) is 0 Å². The number of hydrogen-bond donors (Lipinski definition) is 4. The number of aromatic nitrogens is 1. The minimum atomic E-state index is -4.96. The first kappa shape index (κ1) is 25.9. The van der Waals surface area contributed by atoms with E-state index in [-0.39, 0.29) is 28.0 Å². The average Bonchev–Trinajstić information content (AvgIpc) is 3.13. The van der Waals surface area contributed by atoms with E-state index >= 15 is 0 Å². The maximum atomic E-state index is 12.9. The number of methoxy groups -OCH3 is 1. The van der Waals surface area contributed by atoms with Crippen LogP contribution in [0.1, 0.15) is 32.4 Å². The molecule has 0 radical (unpaired) electrons. The fourth-order valence-corrected chi connectivity index (χ4v) is 4.08. The largest absolute Gasteiger partial charge is 0.478 e. The van der Waals surface area contributed by atoms with Crippen molar-refractivity contribution in [2.75, 3.05) is 12.8 Å². The van der Waals surface area contributed by atoms with Crippen LogP contribution < -0.4 is 11.1 Å². The summed E-state index contributed by atoms with van der Waals surface area (Å²) in [5.41, 5.74) is 3.10. The van der Waals surface area contributed by atoms with Crippen LogP contribution in [-0.4, -0.2) is 81.6 Å². The molecule has 1 aliphatic rings. The molecule has 1 aromatic heterocycles. The van der Waals surface area contributed by atoms with Crippen LogP contribution in [0.5, 0.6) is 0 Å². The van der Waals surface area contributed by atoms with Crippen LogP contribution in [0, 0.1) is 0 Å². The smallest absolute Gasteiger partial charge is 0.362 e. The minimum absolute atomic E-state index is 0.0521. The number of hydrogen-bond acceptors (Lipinski definition) is 12. The molecule has 1 fully saturated rings. The Hall–Kier alpha value is -3.31. The van der Waals surface area contributed by atoms with E-state index in [1.807, 2.05) is 0 Å². The van der Waals surface area contributed by atoms with E-state index < -0.39 is 57.5 Å². The maximum absolute atomic E-state index is 12.9. The van der Waals surface area contributed by atoms with Gasteiger partial charge in [0, 0.05) is 11.8 Å². The second-order valence-corrected chi connectivity index (χ2v) is 9.34. The Balaban J connectivity index is 2.31. The van der Waals surface area contributed by atoms with Gasteiger partial charge >= 0.3 is 22.2 Å². The fraction of sp³-hybridized carbons (Fsp3) is 0.500. The molecule has 182 valence electrons. The number of ether oxygens (including phenoxy) is 1. The summed E-state index contributed by atoms with van der Waals surface area (Å²) < 4.78 is 36.9. The fourth-order valence-electron chi connectivity index (χ4n) is 2.62. The van der Waals surface area contributed by atoms with Crippen LogP contribution in [-0.2, 0) is 39.1 Å². The Bertz CT molecular complexity index is 1100. The van der Waals surface area contributed by atoms with E-state index in [0.29, 0.717) is 0 Å². The molecule has 0 spiro atoms. The third kappa shape index (κ3) is 5.93. The number of amides is 2. The van der Waals surface area contributed by atoms with Gasteiger partial charge in [-0.3, -0.25) is 18.9 Å². The van der Waals surface area contributed by atoms with Gasteiger partial charge in [0.1, 0.15) is 11.7 Å². The van der Waals surface area contributed by atoms with E-state index in [4.69, 9.17) is 15.7 Å². The number of aliphatic carboxylic acids is 1. The first-order chi connectivity index (χ1) is 15.2. The SMILES string of the molecule is COC(=O)CCC1C(NC(=O)/C(=N\OC(C)(C)C(=O)O)c2csc(N)n2)C(=O)N1S(=O)(=O)O. The first-order valence-electron chi connectivity index (χ1n) is 9.08. The standard InChI is InChI=1S/C16H21N5O10S2/c1-16(2,14(25)26)31-20-10(7-6-32-15(17)18-7)12(23)19-11-8(4-5-9(22)30-3)21(13(11)24)33(27,28)29/h6,8,11H,4-5H2,1-3H3,(H2,17,18)(H,19,23)(H,25,26)(H,27,28,29)/b20-10-. The number of rotatable bonds is 10. The van der Waals surface area contributed by atoms with Crippen LogP contribution in [0.2, 0.25) is 0 Å². The second kappa shape index (κ2) is 9.67. The highest BCUT2D eigenvalue weighted by Gasteiger charge is 2.54. The van der Waals surface area contributed by atoms with Gasteiger partial charge in [-0.25, -0.2) is 14.1 Å². The van der Waals surface area contributed by atoms with Crippen LogP contribution in [0.25, 0.3) is 0 Å². The average molecular weight is 508 g/mol. The lowest BCUT2D eigenvalue weighted by Gasteiger charge is -2.44. The molecule has 2 atom stereocenters. The molecule has 0 aromatic carbocycles. The summed E-state index contributed by atoms with van der Waals surface area (Å²) in [6, 6.07) is -2.76. The van der Waals surface area contributed by atoms with Crippen molar-refractivity contribution in [2.45, 2.75) is 44.4 Å². The normalized spacial score (nSPS) is 19.0.